The first-order chi connectivity index (χ1) is 7.16. The van der Waals surface area contributed by atoms with Crippen molar-refractivity contribution >= 4 is 27.4 Å². The van der Waals surface area contributed by atoms with Gasteiger partial charge < -0.3 is 5.73 Å². The highest BCUT2D eigenvalue weighted by Gasteiger charge is 2.03. The first-order valence-electron chi connectivity index (χ1n) is 4.68. The second-order valence-corrected chi connectivity index (χ2v) is 5.02. The van der Waals surface area contributed by atoms with E-state index in [4.69, 9.17) is 5.73 Å². The van der Waals surface area contributed by atoms with Crippen molar-refractivity contribution < 1.29 is 4.21 Å². The zero-order chi connectivity index (χ0) is 10.8. The van der Waals surface area contributed by atoms with E-state index in [2.05, 4.69) is 5.10 Å². The maximum Gasteiger partial charge on any atom is 0.0703 e. The third-order valence-corrected chi connectivity index (χ3v) is 3.02. The van der Waals surface area contributed by atoms with E-state index in [0.717, 1.165) is 16.6 Å². The van der Waals surface area contributed by atoms with Gasteiger partial charge in [0.2, 0.25) is 0 Å². The molecule has 1 aromatic carbocycles. The van der Waals surface area contributed by atoms with Crippen molar-refractivity contribution in [1.82, 2.24) is 9.78 Å². The fraction of sp³-hybridized carbons (Fsp3) is 0.300. The number of aryl methyl sites for hydroxylation is 1. The molecule has 2 rings (SSSR count). The molecule has 0 saturated carbocycles. The molecule has 2 aromatic rings. The van der Waals surface area contributed by atoms with Crippen LogP contribution in [0.4, 0.5) is 5.69 Å². The molecule has 5 heteroatoms. The summed E-state index contributed by atoms with van der Waals surface area (Å²) in [5, 5.41) is 5.30. The molecule has 80 valence electrons. The van der Waals surface area contributed by atoms with Crippen LogP contribution in [0, 0.1) is 0 Å². The molecule has 2 N–H and O–H groups in total. The van der Waals surface area contributed by atoms with Crippen molar-refractivity contribution in [1.29, 1.82) is 0 Å². The number of nitrogen functional groups attached to an aromatic ring is 1. The number of nitrogens with two attached hydrogens (primary N) is 1. The largest absolute Gasteiger partial charge is 0.399 e. The van der Waals surface area contributed by atoms with Crippen molar-refractivity contribution in [3.63, 3.8) is 0 Å². The molecule has 0 bridgehead atoms. The van der Waals surface area contributed by atoms with Gasteiger partial charge in [0.1, 0.15) is 0 Å². The minimum absolute atomic E-state index is 0.617. The Hall–Kier alpha value is -1.36. The quantitative estimate of drug-likeness (QED) is 0.790. The molecule has 0 aliphatic heterocycles. The first kappa shape index (κ1) is 10.2. The second kappa shape index (κ2) is 4.02. The molecule has 0 aliphatic rings. The summed E-state index contributed by atoms with van der Waals surface area (Å²) >= 11 is 0. The third-order valence-electron chi connectivity index (χ3n) is 2.26. The van der Waals surface area contributed by atoms with Gasteiger partial charge in [0.25, 0.3) is 0 Å². The highest BCUT2D eigenvalue weighted by atomic mass is 32.2. The fourth-order valence-corrected chi connectivity index (χ4v) is 1.91. The van der Waals surface area contributed by atoms with Gasteiger partial charge in [0.15, 0.2) is 0 Å². The first-order valence-corrected chi connectivity index (χ1v) is 6.40. The fourth-order valence-electron chi connectivity index (χ4n) is 1.48. The Bertz CT molecular complexity index is 506. The number of rotatable bonds is 3. The Morgan fingerprint density at radius 1 is 1.53 bits per heavy atom. The average molecular weight is 223 g/mol. The number of fused-ring (bicyclic) bond motifs is 1. The molecular weight excluding hydrogens is 210 g/mol. The van der Waals surface area contributed by atoms with Crippen LogP contribution in [0.3, 0.4) is 0 Å². The van der Waals surface area contributed by atoms with Crippen LogP contribution in [0.25, 0.3) is 10.9 Å². The predicted molar refractivity (Wildman–Crippen MR) is 63.1 cm³/mol. The normalized spacial score (nSPS) is 13.1. The van der Waals surface area contributed by atoms with E-state index in [-0.39, 0.29) is 0 Å². The topological polar surface area (TPSA) is 60.9 Å². The lowest BCUT2D eigenvalue weighted by Crippen LogP contribution is -2.07. The molecule has 1 unspecified atom stereocenters. The summed E-state index contributed by atoms with van der Waals surface area (Å²) < 4.78 is 12.8. The Morgan fingerprint density at radius 3 is 3.07 bits per heavy atom. The molecule has 0 fully saturated rings. The molecule has 15 heavy (non-hydrogen) atoms. The van der Waals surface area contributed by atoms with Gasteiger partial charge in [0, 0.05) is 33.9 Å². The van der Waals surface area contributed by atoms with Crippen LogP contribution < -0.4 is 5.73 Å². The predicted octanol–water partition coefficient (Wildman–Crippen LogP) is 0.997. The summed E-state index contributed by atoms with van der Waals surface area (Å²) in [5.74, 6) is 0.617. The van der Waals surface area contributed by atoms with E-state index in [1.54, 1.807) is 12.5 Å². The molecule has 4 nitrogen and oxygen atoms in total. The molecular formula is C10H13N3OS. The van der Waals surface area contributed by atoms with Gasteiger partial charge in [-0.3, -0.25) is 8.89 Å². The number of benzene rings is 1. The van der Waals surface area contributed by atoms with Crippen molar-refractivity contribution in [2.75, 3.05) is 17.7 Å². The monoisotopic (exact) mass is 223 g/mol. The molecule has 0 spiro atoms. The minimum Gasteiger partial charge on any atom is -0.399 e. The van der Waals surface area contributed by atoms with Crippen molar-refractivity contribution in [3.8, 4) is 0 Å². The van der Waals surface area contributed by atoms with Gasteiger partial charge in [-0.15, -0.1) is 0 Å². The van der Waals surface area contributed by atoms with E-state index in [1.807, 2.05) is 22.9 Å². The van der Waals surface area contributed by atoms with Crippen LogP contribution in [0.5, 0.6) is 0 Å². The van der Waals surface area contributed by atoms with Crippen LogP contribution >= 0.6 is 0 Å². The Morgan fingerprint density at radius 2 is 2.33 bits per heavy atom. The zero-order valence-electron chi connectivity index (χ0n) is 8.51. The van der Waals surface area contributed by atoms with Gasteiger partial charge in [0.05, 0.1) is 18.3 Å². The summed E-state index contributed by atoms with van der Waals surface area (Å²) in [4.78, 5) is 0. The van der Waals surface area contributed by atoms with Gasteiger partial charge in [-0.25, -0.2) is 0 Å². The summed E-state index contributed by atoms with van der Waals surface area (Å²) in [6.45, 7) is 0.663. The van der Waals surface area contributed by atoms with Crippen LogP contribution in [0.1, 0.15) is 0 Å². The molecule has 1 aromatic heterocycles. The van der Waals surface area contributed by atoms with Crippen LogP contribution in [0.2, 0.25) is 0 Å². The highest BCUT2D eigenvalue weighted by Crippen LogP contribution is 2.16. The lowest BCUT2D eigenvalue weighted by atomic mass is 10.2. The van der Waals surface area contributed by atoms with E-state index in [0.29, 0.717) is 12.3 Å². The van der Waals surface area contributed by atoms with Gasteiger partial charge in [-0.1, -0.05) is 0 Å². The summed E-state index contributed by atoms with van der Waals surface area (Å²) in [5.41, 5.74) is 7.43. The zero-order valence-corrected chi connectivity index (χ0v) is 9.33. The summed E-state index contributed by atoms with van der Waals surface area (Å²) in [7, 11) is -0.791. The summed E-state index contributed by atoms with van der Waals surface area (Å²) in [6, 6.07) is 5.68. The SMILES string of the molecule is CS(=O)CCn1ncc2ccc(N)cc21. The number of nitrogens with zero attached hydrogens (tertiary/aromatic N) is 2. The number of aromatic nitrogens is 2. The lowest BCUT2D eigenvalue weighted by molar-refractivity contribution is 0.660. The second-order valence-electron chi connectivity index (χ2n) is 3.46. The Balaban J connectivity index is 2.35. The van der Waals surface area contributed by atoms with Crippen LogP contribution in [-0.2, 0) is 17.3 Å². The van der Waals surface area contributed by atoms with Crippen LogP contribution in [0.15, 0.2) is 24.4 Å². The van der Waals surface area contributed by atoms with Gasteiger partial charge in [-0.2, -0.15) is 5.10 Å². The van der Waals surface area contributed by atoms with E-state index >= 15 is 0 Å². The van der Waals surface area contributed by atoms with E-state index in [9.17, 15) is 4.21 Å². The number of anilines is 1. The maximum atomic E-state index is 11.0. The molecule has 1 heterocycles. The minimum atomic E-state index is -0.791. The maximum absolute atomic E-state index is 11.0. The summed E-state index contributed by atoms with van der Waals surface area (Å²) in [6.07, 6.45) is 3.49. The van der Waals surface area contributed by atoms with Crippen molar-refractivity contribution in [3.05, 3.63) is 24.4 Å². The van der Waals surface area contributed by atoms with E-state index in [1.165, 1.54) is 0 Å². The standard InChI is InChI=1S/C10H13N3OS/c1-15(14)5-4-13-10-6-9(11)3-2-8(10)7-12-13/h2-3,6-7H,4-5,11H2,1H3. The van der Waals surface area contributed by atoms with E-state index < -0.39 is 10.8 Å². The molecule has 0 amide bonds. The van der Waals surface area contributed by atoms with Gasteiger partial charge in [-0.05, 0) is 18.2 Å². The molecule has 0 radical (unpaired) electrons. The number of hydrogen-bond donors (Lipinski definition) is 1. The number of hydrogen-bond acceptors (Lipinski definition) is 3. The average Bonchev–Trinajstić information content (AvgIpc) is 2.57. The lowest BCUT2D eigenvalue weighted by Gasteiger charge is -2.02. The van der Waals surface area contributed by atoms with Crippen molar-refractivity contribution in [2.45, 2.75) is 6.54 Å². The third kappa shape index (κ3) is 2.18. The Kier molecular flexibility index (Phi) is 2.73. The molecule has 0 aliphatic carbocycles. The molecule has 1 atom stereocenters. The highest BCUT2D eigenvalue weighted by molar-refractivity contribution is 7.84. The smallest absolute Gasteiger partial charge is 0.0703 e. The Labute approximate surface area is 90.5 Å². The van der Waals surface area contributed by atoms with Gasteiger partial charge >= 0.3 is 0 Å². The van der Waals surface area contributed by atoms with Crippen molar-refractivity contribution in [2.24, 2.45) is 0 Å². The van der Waals surface area contributed by atoms with Crippen LogP contribution in [-0.4, -0.2) is 26.0 Å². The molecule has 0 saturated heterocycles.